The van der Waals surface area contributed by atoms with Crippen LogP contribution in [0, 0.1) is 34.0 Å². The molecule has 9 atom stereocenters. The van der Waals surface area contributed by atoms with Crippen molar-refractivity contribution in [3.05, 3.63) is 11.1 Å². The third kappa shape index (κ3) is 4.42. The second kappa shape index (κ2) is 10.6. The van der Waals surface area contributed by atoms with Gasteiger partial charge in [0.25, 0.3) is 0 Å². The van der Waals surface area contributed by atoms with Crippen molar-refractivity contribution >= 4 is 17.8 Å². The number of allylic oxidation sites excluding steroid dienone is 1. The van der Waals surface area contributed by atoms with Gasteiger partial charge >= 0.3 is 6.09 Å². The van der Waals surface area contributed by atoms with Crippen LogP contribution >= 0.6 is 0 Å². The third-order valence-electron chi connectivity index (χ3n) is 16.1. The SMILES string of the molecule is CC(C)C1=C2[C@H]3CC[C@H]4C(C)(CC[C@@]56N[C@]5(C)[C@@H](O)CC[C@]46C)[C@]3(C)CCC2(NC(=O)C2(NC(=O)OC(C)(C)C)CCCCC2)CC1=O. The Bertz CT molecular complexity index is 1440. The van der Waals surface area contributed by atoms with Crippen LogP contribution < -0.4 is 16.0 Å². The van der Waals surface area contributed by atoms with E-state index in [1.165, 1.54) is 5.57 Å². The first kappa shape index (κ1) is 34.5. The largest absolute Gasteiger partial charge is 0.444 e. The lowest BCUT2D eigenvalue weighted by Gasteiger charge is -2.70. The van der Waals surface area contributed by atoms with Crippen molar-refractivity contribution in [3.63, 3.8) is 0 Å². The molecule has 1 spiro atoms. The average Bonchev–Trinajstić information content (AvgIpc) is 3.53. The summed E-state index contributed by atoms with van der Waals surface area (Å²) in [5.74, 6) is 0.837. The molecular weight excluding hydrogens is 602 g/mol. The quantitative estimate of drug-likeness (QED) is 0.243. The lowest BCUT2D eigenvalue weighted by molar-refractivity contribution is -0.189. The Morgan fingerprint density at radius 1 is 0.854 bits per heavy atom. The number of alkyl carbamates (subject to hydrolysis) is 1. The molecule has 48 heavy (non-hydrogen) atoms. The van der Waals surface area contributed by atoms with Gasteiger partial charge in [0, 0.05) is 12.0 Å². The summed E-state index contributed by atoms with van der Waals surface area (Å²) in [6, 6.07) is 0. The van der Waals surface area contributed by atoms with E-state index in [1.54, 1.807) is 0 Å². The number of Topliss-reactive ketones (excluding diaryl/α,β-unsaturated/α-hetero) is 1. The highest BCUT2D eigenvalue weighted by atomic mass is 16.6. The molecule has 5 saturated carbocycles. The summed E-state index contributed by atoms with van der Waals surface area (Å²) in [4.78, 5) is 42.0. The minimum Gasteiger partial charge on any atom is -0.444 e. The number of carbonyl (C=O) groups is 3. The molecule has 6 aliphatic carbocycles. The molecule has 0 aromatic carbocycles. The minimum atomic E-state index is -1.05. The highest BCUT2D eigenvalue weighted by Gasteiger charge is 2.82. The van der Waals surface area contributed by atoms with Crippen molar-refractivity contribution in [2.45, 2.75) is 186 Å². The third-order valence-corrected chi connectivity index (χ3v) is 16.1. The van der Waals surface area contributed by atoms with E-state index in [2.05, 4.69) is 57.5 Å². The van der Waals surface area contributed by atoms with E-state index < -0.39 is 22.8 Å². The van der Waals surface area contributed by atoms with Gasteiger partial charge in [-0.2, -0.15) is 0 Å². The predicted octanol–water partition coefficient (Wildman–Crippen LogP) is 6.88. The van der Waals surface area contributed by atoms with E-state index in [0.717, 1.165) is 76.2 Å². The molecule has 1 heterocycles. The summed E-state index contributed by atoms with van der Waals surface area (Å²) in [5.41, 5.74) is -0.310. The van der Waals surface area contributed by atoms with E-state index in [-0.39, 0.29) is 57.0 Å². The number of fused-ring (bicyclic) bond motifs is 6. The van der Waals surface area contributed by atoms with Gasteiger partial charge in [0.1, 0.15) is 11.1 Å². The van der Waals surface area contributed by atoms with E-state index in [1.807, 2.05) is 20.8 Å². The summed E-state index contributed by atoms with van der Waals surface area (Å²) < 4.78 is 5.66. The Balaban J connectivity index is 1.24. The van der Waals surface area contributed by atoms with E-state index in [9.17, 15) is 19.5 Å². The Labute approximate surface area is 288 Å². The second-order valence-electron chi connectivity index (χ2n) is 19.6. The summed E-state index contributed by atoms with van der Waals surface area (Å²) in [6.07, 6.45) is 11.2. The number of nitrogens with one attached hydrogen (secondary N) is 3. The molecule has 7 aliphatic rings. The number of hydrogen-bond acceptors (Lipinski definition) is 6. The normalized spacial score (nSPS) is 46.1. The summed E-state index contributed by atoms with van der Waals surface area (Å²) in [6.45, 7) is 19.7. The molecule has 268 valence electrons. The molecule has 0 aromatic rings. The number of hydrogen-bond donors (Lipinski definition) is 4. The predicted molar refractivity (Wildman–Crippen MR) is 186 cm³/mol. The molecule has 6 fully saturated rings. The van der Waals surface area contributed by atoms with Gasteiger partial charge < -0.3 is 20.5 Å². The van der Waals surface area contributed by atoms with Crippen molar-refractivity contribution in [2.75, 3.05) is 0 Å². The number of rotatable bonds is 4. The monoisotopic (exact) mass is 665 g/mol. The summed E-state index contributed by atoms with van der Waals surface area (Å²) >= 11 is 0. The zero-order chi connectivity index (χ0) is 34.9. The second-order valence-corrected chi connectivity index (χ2v) is 19.6. The number of amides is 2. The van der Waals surface area contributed by atoms with Gasteiger partial charge in [-0.15, -0.1) is 0 Å². The average molecular weight is 666 g/mol. The number of ether oxygens (including phenoxy) is 1. The van der Waals surface area contributed by atoms with Gasteiger partial charge in [-0.05, 0) is 137 Å². The van der Waals surface area contributed by atoms with Crippen LogP contribution in [0.4, 0.5) is 4.79 Å². The van der Waals surface area contributed by atoms with Crippen LogP contribution in [0.2, 0.25) is 0 Å². The Hall–Kier alpha value is -1.93. The zero-order valence-electron chi connectivity index (χ0n) is 31.3. The van der Waals surface area contributed by atoms with Crippen molar-refractivity contribution < 1.29 is 24.2 Å². The standard InChI is InChI=1S/C40H63N3O5/c1-24(2)29-26(44)23-39(41-31(46)38(16-11-10-12-17-38)42-32(47)48-33(3,4)5)21-19-34(6)25(30(29)39)13-14-27-35(34,7)20-22-40-36(27,8)18-15-28(45)37(40,9)43-40/h24-25,27-28,43,45H,10-23H2,1-9H3,(H,41,46)(H,42,47)/t25-,27+,28+,34-,35?,36-,37-,39?,40+/m1/s1. The molecule has 1 saturated heterocycles. The van der Waals surface area contributed by atoms with Crippen LogP contribution in [-0.2, 0) is 14.3 Å². The number of aliphatic hydroxyl groups excluding tert-OH is 1. The fraction of sp³-hybridized carbons (Fsp3) is 0.875. The lowest BCUT2D eigenvalue weighted by Crippen LogP contribution is -2.69. The molecule has 7 rings (SSSR count). The van der Waals surface area contributed by atoms with E-state index >= 15 is 0 Å². The van der Waals surface area contributed by atoms with Gasteiger partial charge in [0.2, 0.25) is 5.91 Å². The van der Waals surface area contributed by atoms with Gasteiger partial charge in [-0.25, -0.2) is 4.79 Å². The molecule has 0 aromatic heterocycles. The molecule has 8 nitrogen and oxygen atoms in total. The summed E-state index contributed by atoms with van der Waals surface area (Å²) in [5, 5.41) is 21.6. The molecule has 8 heteroatoms. The highest BCUT2D eigenvalue weighted by molar-refractivity contribution is 6.03. The van der Waals surface area contributed by atoms with E-state index in [0.29, 0.717) is 25.2 Å². The molecule has 2 amide bonds. The van der Waals surface area contributed by atoms with Crippen LogP contribution in [0.5, 0.6) is 0 Å². The van der Waals surface area contributed by atoms with Crippen molar-refractivity contribution in [1.29, 1.82) is 0 Å². The summed E-state index contributed by atoms with van der Waals surface area (Å²) in [7, 11) is 0. The first-order chi connectivity index (χ1) is 22.2. The van der Waals surface area contributed by atoms with Gasteiger partial charge in [-0.3, -0.25) is 14.9 Å². The Morgan fingerprint density at radius 2 is 1.52 bits per heavy atom. The number of ketones is 1. The molecule has 4 N–H and O–H groups in total. The van der Waals surface area contributed by atoms with Crippen molar-refractivity contribution in [1.82, 2.24) is 16.0 Å². The maximum Gasteiger partial charge on any atom is 0.408 e. The Kier molecular flexibility index (Phi) is 7.59. The number of aliphatic hydroxyl groups is 1. The van der Waals surface area contributed by atoms with Crippen LogP contribution in [0.3, 0.4) is 0 Å². The number of carbonyl (C=O) groups excluding carboxylic acids is 3. The maximum absolute atomic E-state index is 14.7. The lowest BCUT2D eigenvalue weighted by atomic mass is 9.34. The van der Waals surface area contributed by atoms with Gasteiger partial charge in [0.05, 0.1) is 17.2 Å². The van der Waals surface area contributed by atoms with Crippen LogP contribution in [0.1, 0.15) is 152 Å². The van der Waals surface area contributed by atoms with Crippen LogP contribution in [0.25, 0.3) is 0 Å². The fourth-order valence-electron chi connectivity index (χ4n) is 13.4. The van der Waals surface area contributed by atoms with Crippen molar-refractivity contribution in [2.24, 2.45) is 34.0 Å². The van der Waals surface area contributed by atoms with Crippen LogP contribution in [0.15, 0.2) is 11.1 Å². The van der Waals surface area contributed by atoms with Crippen LogP contribution in [-0.4, -0.2) is 56.8 Å². The first-order valence-corrected chi connectivity index (χ1v) is 19.3. The molecule has 1 aliphatic heterocycles. The minimum absolute atomic E-state index is 0.00141. The van der Waals surface area contributed by atoms with E-state index in [4.69, 9.17) is 4.74 Å². The van der Waals surface area contributed by atoms with Gasteiger partial charge in [-0.1, -0.05) is 53.9 Å². The first-order valence-electron chi connectivity index (χ1n) is 19.3. The smallest absolute Gasteiger partial charge is 0.408 e. The Morgan fingerprint density at radius 3 is 2.17 bits per heavy atom. The zero-order valence-corrected chi connectivity index (χ0v) is 31.3. The molecular formula is C40H63N3O5. The highest BCUT2D eigenvalue weighted by Crippen LogP contribution is 2.78. The molecule has 2 unspecified atom stereocenters. The fourth-order valence-corrected chi connectivity index (χ4v) is 13.4. The maximum atomic E-state index is 14.7. The topological polar surface area (TPSA) is 127 Å². The van der Waals surface area contributed by atoms with Gasteiger partial charge in [0.15, 0.2) is 5.78 Å². The molecule has 0 radical (unpaired) electrons. The molecule has 0 bridgehead atoms. The van der Waals surface area contributed by atoms with Crippen molar-refractivity contribution in [3.8, 4) is 0 Å².